The highest BCUT2D eigenvalue weighted by Crippen LogP contribution is 2.31. The molecule has 3 amide bonds. The fraction of sp³-hybridized carbons (Fsp3) is 0.143. The Morgan fingerprint density at radius 1 is 1.20 bits per heavy atom. The Labute approximate surface area is 120 Å². The first-order chi connectivity index (χ1) is 9.49. The Hall–Kier alpha value is -2.27. The van der Waals surface area contributed by atoms with Gasteiger partial charge in [0.15, 0.2) is 6.10 Å². The predicted octanol–water partition coefficient (Wildman–Crippen LogP) is 2.46. The molecule has 1 unspecified atom stereocenters. The van der Waals surface area contributed by atoms with Crippen LogP contribution in [0.25, 0.3) is 10.8 Å². The standard InChI is InChI=1S/C14H13ClN2O3/c1-8(13(18)17-14(16)19)20-12-7-6-11(15)9-4-2-3-5-10(9)12/h2-8H,1H3,(H3,16,17,18,19). The number of hydrogen-bond acceptors (Lipinski definition) is 3. The van der Waals surface area contributed by atoms with Crippen LogP contribution in [0.2, 0.25) is 5.02 Å². The summed E-state index contributed by atoms with van der Waals surface area (Å²) in [6, 6.07) is 9.87. The van der Waals surface area contributed by atoms with Crippen LogP contribution in [-0.2, 0) is 4.79 Å². The molecule has 0 aliphatic rings. The summed E-state index contributed by atoms with van der Waals surface area (Å²) in [4.78, 5) is 22.2. The number of rotatable bonds is 3. The van der Waals surface area contributed by atoms with Crippen LogP contribution < -0.4 is 15.8 Å². The van der Waals surface area contributed by atoms with E-state index in [2.05, 4.69) is 0 Å². The molecule has 2 aromatic carbocycles. The largest absolute Gasteiger partial charge is 0.480 e. The van der Waals surface area contributed by atoms with E-state index in [1.807, 2.05) is 29.6 Å². The van der Waals surface area contributed by atoms with Crippen LogP contribution in [-0.4, -0.2) is 18.0 Å². The lowest BCUT2D eigenvalue weighted by Gasteiger charge is -2.15. The van der Waals surface area contributed by atoms with Crippen molar-refractivity contribution < 1.29 is 14.3 Å². The first kappa shape index (κ1) is 14.1. The number of carbonyl (C=O) groups excluding carboxylic acids is 2. The van der Waals surface area contributed by atoms with Gasteiger partial charge in [0.1, 0.15) is 5.75 Å². The molecule has 0 fully saturated rings. The van der Waals surface area contributed by atoms with Crippen LogP contribution in [0.4, 0.5) is 4.79 Å². The smallest absolute Gasteiger partial charge is 0.318 e. The van der Waals surface area contributed by atoms with E-state index in [1.54, 1.807) is 12.1 Å². The second-order valence-electron chi connectivity index (χ2n) is 4.20. The van der Waals surface area contributed by atoms with Gasteiger partial charge < -0.3 is 10.5 Å². The Morgan fingerprint density at radius 2 is 1.85 bits per heavy atom. The van der Waals surface area contributed by atoms with Crippen LogP contribution in [0.5, 0.6) is 5.75 Å². The molecular formula is C14H13ClN2O3. The second-order valence-corrected chi connectivity index (χ2v) is 4.61. The molecule has 0 aromatic heterocycles. The molecule has 0 aliphatic heterocycles. The van der Waals surface area contributed by atoms with Crippen molar-refractivity contribution in [3.8, 4) is 5.75 Å². The van der Waals surface area contributed by atoms with E-state index in [1.165, 1.54) is 6.92 Å². The second kappa shape index (κ2) is 5.79. The summed E-state index contributed by atoms with van der Waals surface area (Å²) >= 11 is 6.10. The fourth-order valence-corrected chi connectivity index (χ4v) is 2.03. The van der Waals surface area contributed by atoms with Crippen LogP contribution in [0.3, 0.4) is 0 Å². The summed E-state index contributed by atoms with van der Waals surface area (Å²) in [5, 5.41) is 4.19. The molecule has 2 aromatic rings. The number of carbonyl (C=O) groups is 2. The van der Waals surface area contributed by atoms with Gasteiger partial charge in [-0.05, 0) is 19.1 Å². The lowest BCUT2D eigenvalue weighted by Crippen LogP contribution is -2.42. The van der Waals surface area contributed by atoms with Crippen molar-refractivity contribution in [1.82, 2.24) is 5.32 Å². The summed E-state index contributed by atoms with van der Waals surface area (Å²) in [7, 11) is 0. The number of imide groups is 1. The maximum atomic E-state index is 11.6. The Bertz CT molecular complexity index is 673. The molecule has 20 heavy (non-hydrogen) atoms. The predicted molar refractivity (Wildman–Crippen MR) is 76.8 cm³/mol. The molecule has 6 heteroatoms. The molecule has 2 rings (SSSR count). The van der Waals surface area contributed by atoms with Crippen molar-refractivity contribution in [2.24, 2.45) is 5.73 Å². The maximum absolute atomic E-state index is 11.6. The Balaban J connectivity index is 2.28. The lowest BCUT2D eigenvalue weighted by molar-refractivity contribution is -0.126. The lowest BCUT2D eigenvalue weighted by atomic mass is 10.1. The van der Waals surface area contributed by atoms with Crippen molar-refractivity contribution in [3.05, 3.63) is 41.4 Å². The molecule has 5 nitrogen and oxygen atoms in total. The first-order valence-corrected chi connectivity index (χ1v) is 6.31. The van der Waals surface area contributed by atoms with Crippen molar-refractivity contribution >= 4 is 34.3 Å². The Kier molecular flexibility index (Phi) is 4.10. The molecular weight excluding hydrogens is 280 g/mol. The maximum Gasteiger partial charge on any atom is 0.318 e. The zero-order valence-electron chi connectivity index (χ0n) is 10.7. The van der Waals surface area contributed by atoms with E-state index in [-0.39, 0.29) is 0 Å². The number of nitrogens with two attached hydrogens (primary N) is 1. The van der Waals surface area contributed by atoms with E-state index in [9.17, 15) is 9.59 Å². The topological polar surface area (TPSA) is 81.4 Å². The van der Waals surface area contributed by atoms with Crippen LogP contribution >= 0.6 is 11.6 Å². The first-order valence-electron chi connectivity index (χ1n) is 5.93. The number of fused-ring (bicyclic) bond motifs is 1. The summed E-state index contributed by atoms with van der Waals surface area (Å²) < 4.78 is 5.57. The van der Waals surface area contributed by atoms with Gasteiger partial charge in [0.05, 0.1) is 0 Å². The third-order valence-corrected chi connectivity index (χ3v) is 3.08. The number of benzene rings is 2. The molecule has 0 bridgehead atoms. The highest BCUT2D eigenvalue weighted by Gasteiger charge is 2.17. The molecule has 1 atom stereocenters. The van der Waals surface area contributed by atoms with Crippen LogP contribution in [0.15, 0.2) is 36.4 Å². The molecule has 0 saturated carbocycles. The number of ether oxygens (including phenoxy) is 1. The summed E-state index contributed by atoms with van der Waals surface area (Å²) in [6.45, 7) is 1.53. The quantitative estimate of drug-likeness (QED) is 0.911. The van der Waals surface area contributed by atoms with Crippen molar-refractivity contribution in [2.45, 2.75) is 13.0 Å². The highest BCUT2D eigenvalue weighted by atomic mass is 35.5. The normalized spacial score (nSPS) is 11.9. The summed E-state index contributed by atoms with van der Waals surface area (Å²) in [5.74, 6) is -0.0892. The molecule has 0 aliphatic carbocycles. The van der Waals surface area contributed by atoms with Crippen molar-refractivity contribution in [1.29, 1.82) is 0 Å². The third-order valence-electron chi connectivity index (χ3n) is 2.75. The van der Waals surface area contributed by atoms with Gasteiger partial charge in [-0.15, -0.1) is 0 Å². The number of halogens is 1. The number of hydrogen-bond donors (Lipinski definition) is 2. The van der Waals surface area contributed by atoms with Crippen molar-refractivity contribution in [3.63, 3.8) is 0 Å². The molecule has 3 N–H and O–H groups in total. The van der Waals surface area contributed by atoms with Gasteiger partial charge >= 0.3 is 6.03 Å². The summed E-state index contributed by atoms with van der Waals surface area (Å²) in [6.07, 6.45) is -0.855. The zero-order valence-corrected chi connectivity index (χ0v) is 11.5. The molecule has 0 saturated heterocycles. The number of nitrogens with one attached hydrogen (secondary N) is 1. The van der Waals surface area contributed by atoms with Gasteiger partial charge in [0, 0.05) is 15.8 Å². The van der Waals surface area contributed by atoms with E-state index in [0.29, 0.717) is 10.8 Å². The van der Waals surface area contributed by atoms with Gasteiger partial charge in [-0.25, -0.2) is 4.79 Å². The van der Waals surface area contributed by atoms with Gasteiger partial charge in [-0.3, -0.25) is 10.1 Å². The van der Waals surface area contributed by atoms with E-state index in [0.717, 1.165) is 10.8 Å². The Morgan fingerprint density at radius 3 is 2.50 bits per heavy atom. The van der Waals surface area contributed by atoms with E-state index in [4.69, 9.17) is 22.1 Å². The number of urea groups is 1. The fourth-order valence-electron chi connectivity index (χ4n) is 1.80. The van der Waals surface area contributed by atoms with Crippen LogP contribution in [0, 0.1) is 0 Å². The molecule has 104 valence electrons. The SMILES string of the molecule is CC(Oc1ccc(Cl)c2ccccc12)C(=O)NC(N)=O. The average molecular weight is 293 g/mol. The van der Waals surface area contributed by atoms with E-state index >= 15 is 0 Å². The van der Waals surface area contributed by atoms with Crippen molar-refractivity contribution in [2.75, 3.05) is 0 Å². The molecule has 0 spiro atoms. The minimum absolute atomic E-state index is 0.511. The number of amides is 3. The van der Waals surface area contributed by atoms with Gasteiger partial charge in [-0.2, -0.15) is 0 Å². The zero-order chi connectivity index (χ0) is 14.7. The number of primary amides is 1. The third kappa shape index (κ3) is 3.00. The van der Waals surface area contributed by atoms with Crippen LogP contribution in [0.1, 0.15) is 6.92 Å². The average Bonchev–Trinajstić information content (AvgIpc) is 2.41. The minimum Gasteiger partial charge on any atom is -0.480 e. The molecule has 0 radical (unpaired) electrons. The van der Waals surface area contributed by atoms with Gasteiger partial charge in [0.25, 0.3) is 5.91 Å². The molecule has 0 heterocycles. The summed E-state index contributed by atoms with van der Waals surface area (Å²) in [5.41, 5.74) is 4.89. The monoisotopic (exact) mass is 292 g/mol. The minimum atomic E-state index is -0.911. The van der Waals surface area contributed by atoms with Gasteiger partial charge in [0.2, 0.25) is 0 Å². The highest BCUT2D eigenvalue weighted by molar-refractivity contribution is 6.35. The van der Waals surface area contributed by atoms with Gasteiger partial charge in [-0.1, -0.05) is 35.9 Å². The van der Waals surface area contributed by atoms with E-state index < -0.39 is 18.0 Å².